The van der Waals surface area contributed by atoms with Crippen LogP contribution in [0.3, 0.4) is 0 Å². The molecular weight excluding hydrogens is 451 g/mol. The van der Waals surface area contributed by atoms with Crippen LogP contribution in [0.1, 0.15) is 33.6 Å². The normalized spacial score (nSPS) is 10.8. The van der Waals surface area contributed by atoms with Gasteiger partial charge >= 0.3 is 0 Å². The van der Waals surface area contributed by atoms with Crippen molar-refractivity contribution in [2.24, 2.45) is 7.05 Å². The first-order valence-corrected chi connectivity index (χ1v) is 8.86. The van der Waals surface area contributed by atoms with E-state index in [9.17, 15) is 9.59 Å². The number of halogens is 1. The first-order valence-electron chi connectivity index (χ1n) is 7.78. The van der Waals surface area contributed by atoms with Crippen LogP contribution < -0.4 is 10.6 Å². The van der Waals surface area contributed by atoms with Crippen LogP contribution in [0.25, 0.3) is 0 Å². The Kier molecular flexibility index (Phi) is 5.06. The quantitative estimate of drug-likeness (QED) is 0.493. The third kappa shape index (κ3) is 3.34. The molecule has 0 spiro atoms. The van der Waals surface area contributed by atoms with Gasteiger partial charge in [0.15, 0.2) is 0 Å². The predicted octanol–water partition coefficient (Wildman–Crippen LogP) is 1.78. The molecule has 0 unspecified atom stereocenters. The lowest BCUT2D eigenvalue weighted by Crippen LogP contribution is -2.21. The Hall–Kier alpha value is -2.70. The number of aromatic amines is 1. The largest absolute Gasteiger partial charge is 0.318 e. The summed E-state index contributed by atoms with van der Waals surface area (Å²) in [4.78, 5) is 25.2. The second-order valence-corrected chi connectivity index (χ2v) is 6.65. The number of nitrogens with zero attached hydrogens (tertiary/aromatic N) is 5. The monoisotopic (exact) mass is 468 g/mol. The van der Waals surface area contributed by atoms with E-state index < -0.39 is 5.91 Å². The predicted molar refractivity (Wildman–Crippen MR) is 103 cm³/mol. The average Bonchev–Trinajstić information content (AvgIpc) is 3.30. The molecule has 10 nitrogen and oxygen atoms in total. The van der Waals surface area contributed by atoms with Gasteiger partial charge in [-0.3, -0.25) is 24.1 Å². The van der Waals surface area contributed by atoms with Crippen molar-refractivity contribution in [3.8, 4) is 0 Å². The molecule has 0 aliphatic heterocycles. The molecule has 136 valence electrons. The SMILES string of the molecule is CCn1ncc(NC(=O)c2[nH]ncc2I)c1C(=O)Nc1cnn(C)c1C. The fourth-order valence-electron chi connectivity index (χ4n) is 2.37. The summed E-state index contributed by atoms with van der Waals surface area (Å²) < 4.78 is 3.87. The second kappa shape index (κ2) is 7.27. The van der Waals surface area contributed by atoms with Crippen molar-refractivity contribution in [2.45, 2.75) is 20.4 Å². The van der Waals surface area contributed by atoms with Crippen molar-refractivity contribution in [1.29, 1.82) is 0 Å². The number of hydrogen-bond donors (Lipinski definition) is 3. The fourth-order valence-corrected chi connectivity index (χ4v) is 2.88. The van der Waals surface area contributed by atoms with Gasteiger partial charge in [-0.2, -0.15) is 15.3 Å². The highest BCUT2D eigenvalue weighted by molar-refractivity contribution is 14.1. The molecule has 3 N–H and O–H groups in total. The Labute approximate surface area is 162 Å². The van der Waals surface area contributed by atoms with E-state index in [0.29, 0.717) is 27.2 Å². The molecule has 3 rings (SSSR count). The van der Waals surface area contributed by atoms with E-state index in [2.05, 4.69) is 31.0 Å². The molecule has 0 atom stereocenters. The van der Waals surface area contributed by atoms with Gasteiger partial charge in [-0.15, -0.1) is 0 Å². The zero-order valence-corrected chi connectivity index (χ0v) is 16.5. The van der Waals surface area contributed by atoms with Crippen molar-refractivity contribution in [3.63, 3.8) is 0 Å². The first-order chi connectivity index (χ1) is 12.4. The number of aryl methyl sites for hydroxylation is 2. The molecule has 0 bridgehead atoms. The minimum Gasteiger partial charge on any atom is -0.318 e. The van der Waals surface area contributed by atoms with E-state index in [1.807, 2.05) is 36.4 Å². The van der Waals surface area contributed by atoms with Crippen LogP contribution in [0.15, 0.2) is 18.6 Å². The maximum Gasteiger partial charge on any atom is 0.276 e. The molecule has 0 aliphatic carbocycles. The first kappa shape index (κ1) is 18.1. The average molecular weight is 468 g/mol. The van der Waals surface area contributed by atoms with Crippen LogP contribution in [-0.4, -0.2) is 41.6 Å². The molecule has 3 heterocycles. The lowest BCUT2D eigenvalue weighted by molar-refractivity contribution is 0.101. The number of rotatable bonds is 5. The molecule has 0 fully saturated rings. The van der Waals surface area contributed by atoms with Crippen molar-refractivity contribution in [2.75, 3.05) is 10.6 Å². The summed E-state index contributed by atoms with van der Waals surface area (Å²) in [6.45, 7) is 4.19. The summed E-state index contributed by atoms with van der Waals surface area (Å²) in [5.41, 5.74) is 2.32. The van der Waals surface area contributed by atoms with E-state index in [1.165, 1.54) is 10.9 Å². The Morgan fingerprint density at radius 1 is 1.15 bits per heavy atom. The number of hydrogen-bond acceptors (Lipinski definition) is 5. The number of nitrogens with one attached hydrogen (secondary N) is 3. The molecule has 0 saturated heterocycles. The third-order valence-electron chi connectivity index (χ3n) is 3.91. The molecule has 2 amide bonds. The standard InChI is InChI=1S/C15H17IN8O2/c1-4-24-13(15(26)20-10-6-18-23(3)8(10)2)11(7-19-24)21-14(25)12-9(16)5-17-22-12/h5-7H,4H2,1-3H3,(H,17,22)(H,20,26)(H,21,25). The highest BCUT2D eigenvalue weighted by atomic mass is 127. The minimum atomic E-state index is -0.394. The van der Waals surface area contributed by atoms with Crippen LogP contribution in [-0.2, 0) is 13.6 Å². The third-order valence-corrected chi connectivity index (χ3v) is 4.72. The lowest BCUT2D eigenvalue weighted by Gasteiger charge is -2.09. The molecule has 26 heavy (non-hydrogen) atoms. The molecule has 11 heteroatoms. The van der Waals surface area contributed by atoms with E-state index in [4.69, 9.17) is 0 Å². The van der Waals surface area contributed by atoms with Gasteiger partial charge in [0.05, 0.1) is 39.2 Å². The van der Waals surface area contributed by atoms with Crippen molar-refractivity contribution >= 4 is 45.8 Å². The highest BCUT2D eigenvalue weighted by Gasteiger charge is 2.22. The number of carbonyl (C=O) groups is 2. The van der Waals surface area contributed by atoms with Gasteiger partial charge in [0.2, 0.25) is 0 Å². The molecule has 0 saturated carbocycles. The maximum atomic E-state index is 12.8. The van der Waals surface area contributed by atoms with Crippen LogP contribution in [0, 0.1) is 10.5 Å². The maximum absolute atomic E-state index is 12.8. The van der Waals surface area contributed by atoms with Crippen molar-refractivity contribution in [3.05, 3.63) is 39.2 Å². The molecule has 0 aromatic carbocycles. The van der Waals surface area contributed by atoms with Gasteiger partial charge in [-0.25, -0.2) is 0 Å². The van der Waals surface area contributed by atoms with Crippen molar-refractivity contribution < 1.29 is 9.59 Å². The van der Waals surface area contributed by atoms with Gasteiger partial charge in [0, 0.05) is 13.6 Å². The van der Waals surface area contributed by atoms with Gasteiger partial charge in [0.25, 0.3) is 11.8 Å². The summed E-state index contributed by atoms with van der Waals surface area (Å²) in [5, 5.41) is 20.3. The number of H-pyrrole nitrogens is 1. The molecule has 3 aromatic heterocycles. The van der Waals surface area contributed by atoms with E-state index >= 15 is 0 Å². The zero-order valence-electron chi connectivity index (χ0n) is 14.4. The van der Waals surface area contributed by atoms with E-state index in [1.54, 1.807) is 24.1 Å². The Bertz CT molecular complexity index is 970. The number of aromatic nitrogens is 6. The van der Waals surface area contributed by atoms with Gasteiger partial charge < -0.3 is 10.6 Å². The van der Waals surface area contributed by atoms with Crippen LogP contribution in [0.2, 0.25) is 0 Å². The summed E-state index contributed by atoms with van der Waals surface area (Å²) >= 11 is 2.01. The highest BCUT2D eigenvalue weighted by Crippen LogP contribution is 2.20. The summed E-state index contributed by atoms with van der Waals surface area (Å²) in [7, 11) is 1.79. The Balaban J connectivity index is 1.88. The summed E-state index contributed by atoms with van der Waals surface area (Å²) in [6.07, 6.45) is 4.57. The summed E-state index contributed by atoms with van der Waals surface area (Å²) in [6, 6.07) is 0. The Morgan fingerprint density at radius 2 is 1.85 bits per heavy atom. The van der Waals surface area contributed by atoms with E-state index in [0.717, 1.165) is 5.69 Å². The minimum absolute atomic E-state index is 0.263. The Morgan fingerprint density at radius 3 is 2.42 bits per heavy atom. The smallest absolute Gasteiger partial charge is 0.276 e. The van der Waals surface area contributed by atoms with Crippen LogP contribution in [0.5, 0.6) is 0 Å². The lowest BCUT2D eigenvalue weighted by atomic mass is 10.3. The van der Waals surface area contributed by atoms with E-state index in [-0.39, 0.29) is 11.6 Å². The summed E-state index contributed by atoms with van der Waals surface area (Å²) in [5.74, 6) is -0.774. The zero-order chi connectivity index (χ0) is 18.8. The molecular formula is C15H17IN8O2. The van der Waals surface area contributed by atoms with Gasteiger partial charge in [0.1, 0.15) is 11.4 Å². The number of anilines is 2. The topological polar surface area (TPSA) is 123 Å². The molecule has 0 radical (unpaired) electrons. The van der Waals surface area contributed by atoms with Gasteiger partial charge in [-0.1, -0.05) is 0 Å². The second-order valence-electron chi connectivity index (χ2n) is 5.49. The molecule has 0 aliphatic rings. The van der Waals surface area contributed by atoms with Gasteiger partial charge in [-0.05, 0) is 36.4 Å². The van der Waals surface area contributed by atoms with Crippen LogP contribution >= 0.6 is 22.6 Å². The fraction of sp³-hybridized carbons (Fsp3) is 0.267. The van der Waals surface area contributed by atoms with Crippen LogP contribution in [0.4, 0.5) is 11.4 Å². The van der Waals surface area contributed by atoms with Crippen molar-refractivity contribution in [1.82, 2.24) is 29.8 Å². The molecule has 3 aromatic rings. The number of amides is 2. The number of carbonyl (C=O) groups excluding carboxylic acids is 2.